The number of hydrogen-bond acceptors (Lipinski definition) is 3. The normalized spacial score (nSPS) is 11.5. The molecule has 0 amide bonds. The van der Waals surface area contributed by atoms with Crippen molar-refractivity contribution in [3.8, 4) is 0 Å². The van der Waals surface area contributed by atoms with Gasteiger partial charge in [-0.1, -0.05) is 11.6 Å². The van der Waals surface area contributed by atoms with Gasteiger partial charge in [0, 0.05) is 37.9 Å². The Kier molecular flexibility index (Phi) is 6.21. The van der Waals surface area contributed by atoms with Crippen molar-refractivity contribution in [1.82, 2.24) is 15.2 Å². The highest BCUT2D eigenvalue weighted by atomic mass is 35.5. The lowest BCUT2D eigenvalue weighted by atomic mass is 10.1. The SMILES string of the molecule is CN=C(NCCc1ccncc1C)N(C)Cc1ccc(Cl)s1. The van der Waals surface area contributed by atoms with Crippen LogP contribution < -0.4 is 5.32 Å². The minimum absolute atomic E-state index is 0.797. The van der Waals surface area contributed by atoms with Gasteiger partial charge in [0.1, 0.15) is 0 Å². The van der Waals surface area contributed by atoms with Crippen molar-refractivity contribution in [2.45, 2.75) is 19.9 Å². The molecule has 118 valence electrons. The fraction of sp³-hybridized carbons (Fsp3) is 0.375. The summed E-state index contributed by atoms with van der Waals surface area (Å²) < 4.78 is 0.819. The van der Waals surface area contributed by atoms with Gasteiger partial charge < -0.3 is 10.2 Å². The molecule has 1 N–H and O–H groups in total. The van der Waals surface area contributed by atoms with E-state index in [-0.39, 0.29) is 0 Å². The summed E-state index contributed by atoms with van der Waals surface area (Å²) in [4.78, 5) is 11.8. The second kappa shape index (κ2) is 8.15. The number of aryl methyl sites for hydroxylation is 1. The number of hydrogen-bond donors (Lipinski definition) is 1. The summed E-state index contributed by atoms with van der Waals surface area (Å²) in [5, 5.41) is 3.40. The van der Waals surface area contributed by atoms with Crippen LogP contribution in [-0.2, 0) is 13.0 Å². The monoisotopic (exact) mass is 336 g/mol. The summed E-state index contributed by atoms with van der Waals surface area (Å²) in [6.07, 6.45) is 4.69. The van der Waals surface area contributed by atoms with E-state index < -0.39 is 0 Å². The molecule has 0 fully saturated rings. The summed E-state index contributed by atoms with van der Waals surface area (Å²) in [6.45, 7) is 3.72. The maximum Gasteiger partial charge on any atom is 0.193 e. The maximum atomic E-state index is 5.97. The molecule has 22 heavy (non-hydrogen) atoms. The molecule has 0 unspecified atom stereocenters. The number of nitrogens with one attached hydrogen (secondary N) is 1. The molecule has 0 atom stereocenters. The third-order valence-electron chi connectivity index (χ3n) is 3.41. The zero-order valence-electron chi connectivity index (χ0n) is 13.1. The molecule has 0 aliphatic rings. The van der Waals surface area contributed by atoms with Crippen molar-refractivity contribution in [1.29, 1.82) is 0 Å². The molecule has 0 saturated heterocycles. The second-order valence-electron chi connectivity index (χ2n) is 5.09. The third-order valence-corrected chi connectivity index (χ3v) is 4.63. The van der Waals surface area contributed by atoms with Gasteiger partial charge in [-0.15, -0.1) is 11.3 Å². The van der Waals surface area contributed by atoms with E-state index in [0.717, 1.165) is 29.8 Å². The van der Waals surface area contributed by atoms with Crippen LogP contribution in [-0.4, -0.2) is 36.5 Å². The lowest BCUT2D eigenvalue weighted by Gasteiger charge is -2.21. The fourth-order valence-corrected chi connectivity index (χ4v) is 3.36. The first kappa shape index (κ1) is 16.8. The van der Waals surface area contributed by atoms with Gasteiger partial charge in [0.2, 0.25) is 0 Å². The van der Waals surface area contributed by atoms with Crippen molar-refractivity contribution in [3.05, 3.63) is 50.9 Å². The van der Waals surface area contributed by atoms with E-state index in [0.29, 0.717) is 0 Å². The quantitative estimate of drug-likeness (QED) is 0.672. The van der Waals surface area contributed by atoms with E-state index in [2.05, 4.69) is 39.2 Å². The van der Waals surface area contributed by atoms with E-state index >= 15 is 0 Å². The maximum absolute atomic E-state index is 5.97. The first-order valence-electron chi connectivity index (χ1n) is 7.15. The molecule has 0 saturated carbocycles. The van der Waals surface area contributed by atoms with E-state index in [1.54, 1.807) is 18.4 Å². The molecule has 0 radical (unpaired) electrons. The molecule has 0 aromatic carbocycles. The Balaban J connectivity index is 1.85. The number of aromatic nitrogens is 1. The standard InChI is InChI=1S/C16H21ClN4S/c1-12-10-19-8-6-13(12)7-9-20-16(18-2)21(3)11-14-4-5-15(17)22-14/h4-6,8,10H,7,9,11H2,1-3H3,(H,18,20). The van der Waals surface area contributed by atoms with E-state index in [1.807, 2.05) is 25.5 Å². The predicted octanol–water partition coefficient (Wildman–Crippen LogP) is 3.35. The van der Waals surface area contributed by atoms with Gasteiger partial charge in [0.25, 0.3) is 0 Å². The topological polar surface area (TPSA) is 40.5 Å². The number of nitrogens with zero attached hydrogens (tertiary/aromatic N) is 3. The summed E-state index contributed by atoms with van der Waals surface area (Å²) in [5.41, 5.74) is 2.53. The van der Waals surface area contributed by atoms with Crippen molar-refractivity contribution in [2.24, 2.45) is 4.99 Å². The molecule has 0 aliphatic heterocycles. The molecule has 2 heterocycles. The molecule has 6 heteroatoms. The third kappa shape index (κ3) is 4.71. The second-order valence-corrected chi connectivity index (χ2v) is 6.89. The zero-order valence-corrected chi connectivity index (χ0v) is 14.7. The fourth-order valence-electron chi connectivity index (χ4n) is 2.22. The highest BCUT2D eigenvalue weighted by Gasteiger charge is 2.08. The molecular formula is C16H21ClN4S. The molecule has 0 bridgehead atoms. The van der Waals surface area contributed by atoms with Crippen LogP contribution >= 0.6 is 22.9 Å². The number of guanidine groups is 1. The van der Waals surface area contributed by atoms with E-state index in [9.17, 15) is 0 Å². The minimum Gasteiger partial charge on any atom is -0.356 e. The Morgan fingerprint density at radius 2 is 2.23 bits per heavy atom. The van der Waals surface area contributed by atoms with Gasteiger partial charge in [-0.05, 0) is 42.7 Å². The van der Waals surface area contributed by atoms with Gasteiger partial charge in [0.05, 0.1) is 10.9 Å². The molecule has 2 aromatic rings. The van der Waals surface area contributed by atoms with Gasteiger partial charge in [-0.2, -0.15) is 0 Å². The number of rotatable bonds is 5. The minimum atomic E-state index is 0.797. The van der Waals surface area contributed by atoms with Crippen molar-refractivity contribution in [2.75, 3.05) is 20.6 Å². The molecule has 4 nitrogen and oxygen atoms in total. The average molecular weight is 337 g/mol. The Bertz CT molecular complexity index is 639. The van der Waals surface area contributed by atoms with Crippen molar-refractivity contribution < 1.29 is 0 Å². The van der Waals surface area contributed by atoms with E-state index in [1.165, 1.54) is 16.0 Å². The van der Waals surface area contributed by atoms with Crippen LogP contribution in [0.2, 0.25) is 4.34 Å². The highest BCUT2D eigenvalue weighted by Crippen LogP contribution is 2.22. The van der Waals surface area contributed by atoms with Crippen LogP contribution in [0.5, 0.6) is 0 Å². The zero-order chi connectivity index (χ0) is 15.9. The summed E-state index contributed by atoms with van der Waals surface area (Å²) in [7, 11) is 3.83. The Hall–Kier alpha value is -1.59. The lowest BCUT2D eigenvalue weighted by molar-refractivity contribution is 0.482. The predicted molar refractivity (Wildman–Crippen MR) is 94.8 cm³/mol. The number of thiophene rings is 1. The molecule has 0 spiro atoms. The van der Waals surface area contributed by atoms with Crippen LogP contribution in [0.15, 0.2) is 35.6 Å². The van der Waals surface area contributed by atoms with Crippen LogP contribution in [0, 0.1) is 6.92 Å². The number of aliphatic imine (C=N–C) groups is 1. The number of halogens is 1. The van der Waals surface area contributed by atoms with Crippen LogP contribution in [0.25, 0.3) is 0 Å². The summed E-state index contributed by atoms with van der Waals surface area (Å²) in [5.74, 6) is 0.885. The lowest BCUT2D eigenvalue weighted by Crippen LogP contribution is -2.39. The highest BCUT2D eigenvalue weighted by molar-refractivity contribution is 7.16. The van der Waals surface area contributed by atoms with Crippen molar-refractivity contribution in [3.63, 3.8) is 0 Å². The Labute approximate surface area is 140 Å². The van der Waals surface area contributed by atoms with Gasteiger partial charge in [-0.3, -0.25) is 9.98 Å². The van der Waals surface area contributed by atoms with Gasteiger partial charge in [-0.25, -0.2) is 0 Å². The Morgan fingerprint density at radius 3 is 2.86 bits per heavy atom. The van der Waals surface area contributed by atoms with Crippen LogP contribution in [0.1, 0.15) is 16.0 Å². The average Bonchev–Trinajstić information content (AvgIpc) is 2.90. The smallest absolute Gasteiger partial charge is 0.193 e. The van der Waals surface area contributed by atoms with E-state index in [4.69, 9.17) is 11.6 Å². The van der Waals surface area contributed by atoms with Crippen molar-refractivity contribution >= 4 is 28.9 Å². The molecule has 0 aliphatic carbocycles. The molecule has 2 aromatic heterocycles. The first-order valence-corrected chi connectivity index (χ1v) is 8.35. The van der Waals surface area contributed by atoms with Crippen LogP contribution in [0.4, 0.5) is 0 Å². The van der Waals surface area contributed by atoms with Gasteiger partial charge >= 0.3 is 0 Å². The number of pyridine rings is 1. The Morgan fingerprint density at radius 1 is 1.41 bits per heavy atom. The molecular weight excluding hydrogens is 316 g/mol. The largest absolute Gasteiger partial charge is 0.356 e. The first-order chi connectivity index (χ1) is 10.6. The molecule has 2 rings (SSSR count). The van der Waals surface area contributed by atoms with Crippen LogP contribution in [0.3, 0.4) is 0 Å². The van der Waals surface area contributed by atoms with Gasteiger partial charge in [0.15, 0.2) is 5.96 Å². The summed E-state index contributed by atoms with van der Waals surface area (Å²) >= 11 is 7.57. The summed E-state index contributed by atoms with van der Waals surface area (Å²) in [6, 6.07) is 6.05.